The molecule has 0 fully saturated rings. The van der Waals surface area contributed by atoms with Crippen molar-refractivity contribution < 1.29 is 10.2 Å². The fourth-order valence-electron chi connectivity index (χ4n) is 3.36. The third-order valence-electron chi connectivity index (χ3n) is 4.62. The largest absolute Gasteiger partial charge is 0.386 e. The molecule has 0 spiro atoms. The highest BCUT2D eigenvalue weighted by molar-refractivity contribution is 5.81. The zero-order valence-corrected chi connectivity index (χ0v) is 16.3. The number of para-hydroxylation sites is 3. The molecule has 3 nitrogen and oxygen atoms in total. The first kappa shape index (κ1) is 19.2. The van der Waals surface area contributed by atoms with Crippen LogP contribution in [0.3, 0.4) is 0 Å². The van der Waals surface area contributed by atoms with Crippen molar-refractivity contribution in [3.63, 3.8) is 0 Å². The normalized spacial score (nSPS) is 12.1. The van der Waals surface area contributed by atoms with Crippen molar-refractivity contribution in [1.29, 1.82) is 0 Å². The fraction of sp³-hybridized carbons (Fsp3) is 0.250. The Morgan fingerprint density at radius 1 is 0.556 bits per heavy atom. The maximum atomic E-state index is 10.8. The lowest BCUT2D eigenvalue weighted by Gasteiger charge is -2.34. The van der Waals surface area contributed by atoms with E-state index in [4.69, 9.17) is 0 Å². The van der Waals surface area contributed by atoms with E-state index in [0.29, 0.717) is 0 Å². The Bertz CT molecular complexity index is 848. The summed E-state index contributed by atoms with van der Waals surface area (Å²) in [7, 11) is 0. The van der Waals surface area contributed by atoms with Crippen molar-refractivity contribution in [1.82, 2.24) is 0 Å². The molecule has 0 aromatic heterocycles. The summed E-state index contributed by atoms with van der Waals surface area (Å²) in [5.74, 6) is 0. The van der Waals surface area contributed by atoms with Gasteiger partial charge < -0.3 is 15.1 Å². The molecule has 27 heavy (non-hydrogen) atoms. The molecule has 0 atom stereocenters. The summed E-state index contributed by atoms with van der Waals surface area (Å²) in [6.07, 6.45) is 0. The molecule has 0 unspecified atom stereocenters. The van der Waals surface area contributed by atoms with Crippen molar-refractivity contribution in [2.24, 2.45) is 0 Å². The van der Waals surface area contributed by atoms with Gasteiger partial charge >= 0.3 is 0 Å². The number of benzene rings is 3. The number of nitrogens with zero attached hydrogens (tertiary/aromatic N) is 1. The van der Waals surface area contributed by atoms with Crippen molar-refractivity contribution in [2.45, 2.75) is 38.9 Å². The first-order valence-corrected chi connectivity index (χ1v) is 9.18. The Labute approximate surface area is 161 Å². The molecule has 3 aromatic carbocycles. The molecule has 3 rings (SSSR count). The summed E-state index contributed by atoms with van der Waals surface area (Å²) in [6.45, 7) is 7.15. The van der Waals surface area contributed by atoms with E-state index in [9.17, 15) is 10.2 Å². The first-order chi connectivity index (χ1) is 12.7. The van der Waals surface area contributed by atoms with Crippen LogP contribution in [-0.4, -0.2) is 10.2 Å². The summed E-state index contributed by atoms with van der Waals surface area (Å²) in [6, 6.07) is 25.7. The smallest absolute Gasteiger partial charge is 0.0860 e. The van der Waals surface area contributed by atoms with Crippen LogP contribution in [0.5, 0.6) is 0 Å². The monoisotopic (exact) mass is 361 g/mol. The van der Waals surface area contributed by atoms with Crippen LogP contribution >= 0.6 is 0 Å². The molecule has 0 radical (unpaired) electrons. The van der Waals surface area contributed by atoms with E-state index in [1.165, 1.54) is 0 Å². The van der Waals surface area contributed by atoms with Crippen molar-refractivity contribution in [3.8, 4) is 0 Å². The van der Waals surface area contributed by atoms with Crippen LogP contribution in [0.25, 0.3) is 0 Å². The summed E-state index contributed by atoms with van der Waals surface area (Å²) < 4.78 is 0. The minimum atomic E-state index is -1.01. The van der Waals surface area contributed by atoms with Crippen molar-refractivity contribution >= 4 is 17.1 Å². The van der Waals surface area contributed by atoms with Crippen LogP contribution < -0.4 is 4.90 Å². The molecular formula is C24H27NO2. The molecule has 0 heterocycles. The van der Waals surface area contributed by atoms with Crippen LogP contribution in [-0.2, 0) is 11.2 Å². The molecule has 3 heteroatoms. The third kappa shape index (κ3) is 4.05. The number of hydrogen-bond acceptors (Lipinski definition) is 3. The molecule has 0 aliphatic rings. The van der Waals surface area contributed by atoms with Gasteiger partial charge in [0.2, 0.25) is 0 Å². The first-order valence-electron chi connectivity index (χ1n) is 9.18. The Kier molecular flexibility index (Phi) is 5.09. The predicted molar refractivity (Wildman–Crippen MR) is 112 cm³/mol. The van der Waals surface area contributed by atoms with Crippen molar-refractivity contribution in [2.75, 3.05) is 4.90 Å². The van der Waals surface area contributed by atoms with Gasteiger partial charge in [-0.25, -0.2) is 0 Å². The standard InChI is InChI=1S/C24H27NO2/c1-23(2,26)19-14-8-10-16-21(19)25(18-12-6-5-7-13-18)22-17-11-9-15-20(22)24(3,4)27/h5-17,26-27H,1-4H3. The molecule has 0 aliphatic heterocycles. The van der Waals surface area contributed by atoms with Gasteiger partial charge in [0.15, 0.2) is 0 Å². The zero-order valence-electron chi connectivity index (χ0n) is 16.3. The SMILES string of the molecule is CC(C)(O)c1ccccc1N(c1ccccc1)c1ccccc1C(C)(C)O. The summed E-state index contributed by atoms with van der Waals surface area (Å²) in [5, 5.41) is 21.5. The van der Waals surface area contributed by atoms with Gasteiger partial charge in [0.1, 0.15) is 0 Å². The lowest BCUT2D eigenvalue weighted by Crippen LogP contribution is -2.24. The second kappa shape index (κ2) is 7.18. The van der Waals surface area contributed by atoms with E-state index in [2.05, 4.69) is 4.90 Å². The van der Waals surface area contributed by atoms with E-state index in [1.54, 1.807) is 27.7 Å². The Morgan fingerprint density at radius 2 is 0.926 bits per heavy atom. The van der Waals surface area contributed by atoms with Gasteiger partial charge in [-0.3, -0.25) is 0 Å². The summed E-state index contributed by atoms with van der Waals surface area (Å²) in [4.78, 5) is 2.10. The van der Waals surface area contributed by atoms with Crippen LogP contribution in [0.1, 0.15) is 38.8 Å². The van der Waals surface area contributed by atoms with Crippen LogP contribution in [0.15, 0.2) is 78.9 Å². The fourth-order valence-corrected chi connectivity index (χ4v) is 3.36. The summed E-state index contributed by atoms with van der Waals surface area (Å²) in [5.41, 5.74) is 2.35. The topological polar surface area (TPSA) is 43.7 Å². The second-order valence-corrected chi connectivity index (χ2v) is 7.82. The van der Waals surface area contributed by atoms with Crippen LogP contribution in [0.2, 0.25) is 0 Å². The lowest BCUT2D eigenvalue weighted by molar-refractivity contribution is 0.0790. The molecule has 0 saturated carbocycles. The second-order valence-electron chi connectivity index (χ2n) is 7.82. The molecule has 0 amide bonds. The van der Waals surface area contributed by atoms with Crippen molar-refractivity contribution in [3.05, 3.63) is 90.0 Å². The average Bonchev–Trinajstić information content (AvgIpc) is 2.62. The highest BCUT2D eigenvalue weighted by Crippen LogP contribution is 2.43. The highest BCUT2D eigenvalue weighted by Gasteiger charge is 2.28. The number of rotatable bonds is 5. The van der Waals surface area contributed by atoms with Gasteiger partial charge in [-0.05, 0) is 52.0 Å². The van der Waals surface area contributed by atoms with Crippen LogP contribution in [0, 0.1) is 0 Å². The number of aliphatic hydroxyl groups is 2. The molecule has 0 saturated heterocycles. The minimum absolute atomic E-state index is 0.819. The maximum absolute atomic E-state index is 10.8. The molecule has 140 valence electrons. The Balaban J connectivity index is 2.32. The Morgan fingerprint density at radius 3 is 1.33 bits per heavy atom. The van der Waals surface area contributed by atoms with E-state index >= 15 is 0 Å². The van der Waals surface area contributed by atoms with E-state index in [-0.39, 0.29) is 0 Å². The van der Waals surface area contributed by atoms with Gasteiger partial charge in [-0.15, -0.1) is 0 Å². The van der Waals surface area contributed by atoms with Gasteiger partial charge in [0, 0.05) is 16.8 Å². The number of anilines is 3. The van der Waals surface area contributed by atoms with E-state index in [0.717, 1.165) is 28.2 Å². The predicted octanol–water partition coefficient (Wildman–Crippen LogP) is 5.61. The quantitative estimate of drug-likeness (QED) is 0.621. The van der Waals surface area contributed by atoms with Gasteiger partial charge in [-0.1, -0.05) is 54.6 Å². The van der Waals surface area contributed by atoms with Gasteiger partial charge in [-0.2, -0.15) is 0 Å². The molecule has 2 N–H and O–H groups in total. The molecule has 0 bridgehead atoms. The van der Waals surface area contributed by atoms with Gasteiger partial charge in [0.25, 0.3) is 0 Å². The zero-order chi connectivity index (χ0) is 19.7. The molecule has 0 aliphatic carbocycles. The molecule has 3 aromatic rings. The third-order valence-corrected chi connectivity index (χ3v) is 4.62. The van der Waals surface area contributed by atoms with E-state index < -0.39 is 11.2 Å². The van der Waals surface area contributed by atoms with Gasteiger partial charge in [0.05, 0.1) is 22.6 Å². The highest BCUT2D eigenvalue weighted by atomic mass is 16.3. The Hall–Kier alpha value is -2.62. The maximum Gasteiger partial charge on any atom is 0.0860 e. The van der Waals surface area contributed by atoms with E-state index in [1.807, 2.05) is 78.9 Å². The van der Waals surface area contributed by atoms with Crippen LogP contribution in [0.4, 0.5) is 17.1 Å². The lowest BCUT2D eigenvalue weighted by atomic mass is 9.92. The molecular weight excluding hydrogens is 334 g/mol. The summed E-state index contributed by atoms with van der Waals surface area (Å²) >= 11 is 0. The minimum Gasteiger partial charge on any atom is -0.386 e. The number of hydrogen-bond donors (Lipinski definition) is 2. The average molecular weight is 361 g/mol.